The SMILES string of the molecule is C/C=C/C1(Oc2ccc(CCC)cc2)C=CC=CC1. The second-order valence-corrected chi connectivity index (χ2v) is 4.94. The summed E-state index contributed by atoms with van der Waals surface area (Å²) < 4.78 is 6.19. The van der Waals surface area contributed by atoms with E-state index in [1.165, 1.54) is 12.0 Å². The lowest BCUT2D eigenvalue weighted by Gasteiger charge is -2.29. The lowest BCUT2D eigenvalue weighted by Crippen LogP contribution is -2.31. The van der Waals surface area contributed by atoms with E-state index in [9.17, 15) is 0 Å². The predicted octanol–water partition coefficient (Wildman–Crippen LogP) is 4.85. The molecule has 0 bridgehead atoms. The van der Waals surface area contributed by atoms with Crippen molar-refractivity contribution in [1.82, 2.24) is 0 Å². The average molecular weight is 254 g/mol. The molecule has 100 valence electrons. The Morgan fingerprint density at radius 2 is 2.00 bits per heavy atom. The minimum atomic E-state index is -0.324. The molecule has 0 fully saturated rings. The van der Waals surface area contributed by atoms with Crippen LogP contribution in [0.1, 0.15) is 32.3 Å². The summed E-state index contributed by atoms with van der Waals surface area (Å²) in [4.78, 5) is 0. The van der Waals surface area contributed by atoms with Crippen molar-refractivity contribution in [3.63, 3.8) is 0 Å². The van der Waals surface area contributed by atoms with Crippen molar-refractivity contribution in [2.45, 2.75) is 38.7 Å². The topological polar surface area (TPSA) is 9.23 Å². The zero-order valence-corrected chi connectivity index (χ0v) is 11.8. The van der Waals surface area contributed by atoms with E-state index in [0.717, 1.165) is 18.6 Å². The fourth-order valence-corrected chi connectivity index (χ4v) is 2.36. The summed E-state index contributed by atoms with van der Waals surface area (Å²) in [5.74, 6) is 0.929. The Morgan fingerprint density at radius 3 is 2.58 bits per heavy atom. The molecule has 0 aromatic heterocycles. The summed E-state index contributed by atoms with van der Waals surface area (Å²) in [5, 5.41) is 0. The van der Waals surface area contributed by atoms with Gasteiger partial charge in [-0.15, -0.1) is 0 Å². The zero-order chi connectivity index (χ0) is 13.6. The van der Waals surface area contributed by atoms with Gasteiger partial charge in [0.1, 0.15) is 11.4 Å². The molecule has 2 rings (SSSR count). The van der Waals surface area contributed by atoms with Crippen LogP contribution in [0.4, 0.5) is 0 Å². The lowest BCUT2D eigenvalue weighted by molar-refractivity contribution is 0.173. The largest absolute Gasteiger partial charge is 0.479 e. The number of hydrogen-bond donors (Lipinski definition) is 0. The van der Waals surface area contributed by atoms with E-state index in [1.807, 2.05) is 6.92 Å². The van der Waals surface area contributed by atoms with Gasteiger partial charge in [-0.3, -0.25) is 0 Å². The second kappa shape index (κ2) is 6.42. The molecule has 0 saturated carbocycles. The third-order valence-corrected chi connectivity index (χ3v) is 3.28. The predicted molar refractivity (Wildman–Crippen MR) is 81.5 cm³/mol. The first kappa shape index (κ1) is 13.7. The molecule has 1 aliphatic carbocycles. The molecule has 19 heavy (non-hydrogen) atoms. The van der Waals surface area contributed by atoms with Gasteiger partial charge in [0.05, 0.1) is 0 Å². The molecule has 0 N–H and O–H groups in total. The van der Waals surface area contributed by atoms with E-state index in [4.69, 9.17) is 4.74 Å². The summed E-state index contributed by atoms with van der Waals surface area (Å²) in [6.45, 7) is 4.23. The lowest BCUT2D eigenvalue weighted by atomic mass is 9.94. The van der Waals surface area contributed by atoms with Crippen molar-refractivity contribution >= 4 is 0 Å². The van der Waals surface area contributed by atoms with Gasteiger partial charge in [0.2, 0.25) is 0 Å². The summed E-state index contributed by atoms with van der Waals surface area (Å²) in [5.41, 5.74) is 1.05. The van der Waals surface area contributed by atoms with Crippen LogP contribution < -0.4 is 4.74 Å². The van der Waals surface area contributed by atoms with Gasteiger partial charge in [0, 0.05) is 6.42 Å². The Hall–Kier alpha value is -1.76. The smallest absolute Gasteiger partial charge is 0.149 e. The number of allylic oxidation sites excluding steroid dienone is 3. The van der Waals surface area contributed by atoms with Crippen LogP contribution in [0.5, 0.6) is 5.75 Å². The molecule has 1 unspecified atom stereocenters. The van der Waals surface area contributed by atoms with E-state index in [2.05, 4.69) is 67.6 Å². The first-order valence-electron chi connectivity index (χ1n) is 7.04. The molecule has 1 nitrogen and oxygen atoms in total. The van der Waals surface area contributed by atoms with Crippen LogP contribution in [0.3, 0.4) is 0 Å². The molecule has 0 amide bonds. The first-order valence-corrected chi connectivity index (χ1v) is 7.04. The van der Waals surface area contributed by atoms with Crippen molar-refractivity contribution in [2.75, 3.05) is 0 Å². The van der Waals surface area contributed by atoms with Gasteiger partial charge >= 0.3 is 0 Å². The molecule has 0 saturated heterocycles. The van der Waals surface area contributed by atoms with Crippen molar-refractivity contribution < 1.29 is 4.74 Å². The molecule has 1 atom stereocenters. The van der Waals surface area contributed by atoms with Crippen LogP contribution in [-0.4, -0.2) is 5.60 Å². The molecule has 0 heterocycles. The Labute approximate surface area is 116 Å². The van der Waals surface area contributed by atoms with E-state index < -0.39 is 0 Å². The summed E-state index contributed by atoms with van der Waals surface area (Å²) >= 11 is 0. The van der Waals surface area contributed by atoms with Crippen molar-refractivity contribution in [3.8, 4) is 5.75 Å². The minimum Gasteiger partial charge on any atom is -0.479 e. The molecule has 0 radical (unpaired) electrons. The Morgan fingerprint density at radius 1 is 1.21 bits per heavy atom. The van der Waals surface area contributed by atoms with E-state index in [0.29, 0.717) is 0 Å². The minimum absolute atomic E-state index is 0.324. The highest BCUT2D eigenvalue weighted by Crippen LogP contribution is 2.27. The van der Waals surface area contributed by atoms with Crippen molar-refractivity contribution in [1.29, 1.82) is 0 Å². The molecule has 1 aromatic rings. The average Bonchev–Trinajstić information content (AvgIpc) is 2.43. The standard InChI is InChI=1S/C18H22O/c1-3-8-16-9-11-17(12-10-16)19-18(13-4-2)14-6-5-7-15-18/h4-7,9-14H,3,8,15H2,1-2H3/b13-4+. The van der Waals surface area contributed by atoms with Crippen LogP contribution >= 0.6 is 0 Å². The fraction of sp³-hybridized carbons (Fsp3) is 0.333. The highest BCUT2D eigenvalue weighted by molar-refractivity contribution is 5.32. The molecular weight excluding hydrogens is 232 g/mol. The third kappa shape index (κ3) is 3.60. The molecular formula is C18H22O. The first-order chi connectivity index (χ1) is 9.28. The number of hydrogen-bond acceptors (Lipinski definition) is 1. The fourth-order valence-electron chi connectivity index (χ4n) is 2.36. The van der Waals surface area contributed by atoms with Gasteiger partial charge in [-0.25, -0.2) is 0 Å². The number of aryl methyl sites for hydroxylation is 1. The van der Waals surface area contributed by atoms with E-state index in [-0.39, 0.29) is 5.60 Å². The van der Waals surface area contributed by atoms with Crippen LogP contribution in [0.25, 0.3) is 0 Å². The third-order valence-electron chi connectivity index (χ3n) is 3.28. The summed E-state index contributed by atoms with van der Waals surface area (Å²) in [6.07, 6.45) is 15.7. The van der Waals surface area contributed by atoms with E-state index in [1.54, 1.807) is 0 Å². The Kier molecular flexibility index (Phi) is 4.62. The molecule has 0 aliphatic heterocycles. The maximum absolute atomic E-state index is 6.19. The van der Waals surface area contributed by atoms with Crippen LogP contribution in [0.15, 0.2) is 60.7 Å². The number of benzene rings is 1. The second-order valence-electron chi connectivity index (χ2n) is 4.94. The van der Waals surface area contributed by atoms with Gasteiger partial charge in [-0.2, -0.15) is 0 Å². The van der Waals surface area contributed by atoms with Gasteiger partial charge in [0.15, 0.2) is 0 Å². The highest BCUT2D eigenvalue weighted by atomic mass is 16.5. The molecule has 1 heteroatoms. The number of ether oxygens (including phenoxy) is 1. The maximum Gasteiger partial charge on any atom is 0.149 e. The van der Waals surface area contributed by atoms with Crippen LogP contribution in [0.2, 0.25) is 0 Å². The van der Waals surface area contributed by atoms with Crippen LogP contribution in [0, 0.1) is 0 Å². The molecule has 1 aromatic carbocycles. The zero-order valence-electron chi connectivity index (χ0n) is 11.8. The van der Waals surface area contributed by atoms with Gasteiger partial charge in [0.25, 0.3) is 0 Å². The van der Waals surface area contributed by atoms with Gasteiger partial charge in [-0.05, 0) is 43.2 Å². The summed E-state index contributed by atoms with van der Waals surface area (Å²) in [6, 6.07) is 8.46. The normalized spacial score (nSPS) is 22.0. The Balaban J connectivity index is 2.13. The number of rotatable bonds is 5. The van der Waals surface area contributed by atoms with Gasteiger partial charge in [-0.1, -0.05) is 49.8 Å². The molecule has 0 spiro atoms. The quantitative estimate of drug-likeness (QED) is 0.683. The van der Waals surface area contributed by atoms with E-state index >= 15 is 0 Å². The summed E-state index contributed by atoms with van der Waals surface area (Å²) in [7, 11) is 0. The van der Waals surface area contributed by atoms with Crippen molar-refractivity contribution in [2.24, 2.45) is 0 Å². The maximum atomic E-state index is 6.19. The van der Waals surface area contributed by atoms with Gasteiger partial charge < -0.3 is 4.74 Å². The van der Waals surface area contributed by atoms with Crippen LogP contribution in [-0.2, 0) is 6.42 Å². The Bertz CT molecular complexity index is 479. The molecule has 1 aliphatic rings. The monoisotopic (exact) mass is 254 g/mol. The van der Waals surface area contributed by atoms with Crippen molar-refractivity contribution in [3.05, 3.63) is 66.3 Å². The highest BCUT2D eigenvalue weighted by Gasteiger charge is 2.25.